The van der Waals surface area contributed by atoms with Crippen LogP contribution < -0.4 is 10.6 Å². The van der Waals surface area contributed by atoms with Gasteiger partial charge in [0, 0.05) is 30.2 Å². The lowest BCUT2D eigenvalue weighted by molar-refractivity contribution is 0.232. The maximum absolute atomic E-state index is 6.02. The van der Waals surface area contributed by atoms with E-state index in [0.29, 0.717) is 23.3 Å². The van der Waals surface area contributed by atoms with Gasteiger partial charge in [-0.2, -0.15) is 4.98 Å². The van der Waals surface area contributed by atoms with Crippen molar-refractivity contribution < 1.29 is 4.52 Å². The van der Waals surface area contributed by atoms with Gasteiger partial charge in [-0.3, -0.25) is 0 Å². The van der Waals surface area contributed by atoms with Crippen LogP contribution in [0.2, 0.25) is 5.02 Å². The highest BCUT2D eigenvalue weighted by atomic mass is 127. The number of nitrogens with one attached hydrogen (secondary N) is 2. The van der Waals surface area contributed by atoms with Crippen LogP contribution in [0.3, 0.4) is 0 Å². The van der Waals surface area contributed by atoms with Crippen molar-refractivity contribution in [2.24, 2.45) is 4.99 Å². The summed E-state index contributed by atoms with van der Waals surface area (Å²) in [6.45, 7) is 7.46. The second kappa shape index (κ2) is 12.2. The van der Waals surface area contributed by atoms with Crippen molar-refractivity contribution in [3.8, 4) is 11.4 Å². The number of piperidine rings is 1. The molecule has 1 aromatic carbocycles. The summed E-state index contributed by atoms with van der Waals surface area (Å²) in [5.74, 6) is 1.75. The Morgan fingerprint density at radius 2 is 2.07 bits per heavy atom. The van der Waals surface area contributed by atoms with Crippen molar-refractivity contribution in [2.75, 3.05) is 32.7 Å². The number of guanidine groups is 1. The Morgan fingerprint density at radius 3 is 2.82 bits per heavy atom. The molecule has 0 radical (unpaired) electrons. The number of aliphatic imine (C=N–C) groups is 1. The molecule has 0 atom stereocenters. The highest BCUT2D eigenvalue weighted by Gasteiger charge is 2.11. The molecular weight excluding hydrogens is 491 g/mol. The number of hydrogen-bond acceptors (Lipinski definition) is 5. The number of rotatable bonds is 7. The molecule has 1 aromatic heterocycles. The van der Waals surface area contributed by atoms with E-state index in [9.17, 15) is 0 Å². The number of benzene rings is 1. The number of halogens is 2. The summed E-state index contributed by atoms with van der Waals surface area (Å²) in [5.41, 5.74) is 0.827. The number of aromatic nitrogens is 2. The van der Waals surface area contributed by atoms with E-state index in [1.165, 1.54) is 32.4 Å². The fourth-order valence-electron chi connectivity index (χ4n) is 3.07. The highest BCUT2D eigenvalue weighted by Crippen LogP contribution is 2.20. The Balaban J connectivity index is 0.00000280. The summed E-state index contributed by atoms with van der Waals surface area (Å²) < 4.78 is 5.31. The van der Waals surface area contributed by atoms with E-state index < -0.39 is 0 Å². The van der Waals surface area contributed by atoms with E-state index in [0.717, 1.165) is 31.2 Å². The molecule has 1 aliphatic rings. The standard InChI is InChI=1S/C19H27ClN6O.HI/c1-2-21-19(22-9-12-26-10-4-3-5-11-26)23-14-17-24-18(25-27-17)15-7-6-8-16(20)13-15;/h6-8,13H,2-5,9-12,14H2,1H3,(H2,21,22,23);1H. The van der Waals surface area contributed by atoms with E-state index in [1.807, 2.05) is 31.2 Å². The van der Waals surface area contributed by atoms with E-state index in [-0.39, 0.29) is 24.0 Å². The minimum atomic E-state index is 0. The minimum Gasteiger partial charge on any atom is -0.357 e. The monoisotopic (exact) mass is 518 g/mol. The third kappa shape index (κ3) is 7.21. The third-order valence-electron chi connectivity index (χ3n) is 4.44. The molecule has 0 aliphatic carbocycles. The van der Waals surface area contributed by atoms with Crippen LogP contribution in [0, 0.1) is 0 Å². The van der Waals surface area contributed by atoms with Gasteiger partial charge in [0.15, 0.2) is 5.96 Å². The molecule has 2 N–H and O–H groups in total. The van der Waals surface area contributed by atoms with Crippen molar-refractivity contribution in [2.45, 2.75) is 32.7 Å². The molecule has 1 fully saturated rings. The summed E-state index contributed by atoms with van der Waals surface area (Å²) in [5, 5.41) is 11.3. The molecule has 3 rings (SSSR count). The molecule has 1 aliphatic heterocycles. The number of likely N-dealkylation sites (tertiary alicyclic amines) is 1. The van der Waals surface area contributed by atoms with Crippen molar-refractivity contribution in [1.29, 1.82) is 0 Å². The number of nitrogens with zero attached hydrogens (tertiary/aromatic N) is 4. The molecular formula is C19H28ClIN6O. The SMILES string of the molecule is CCNC(=NCc1nc(-c2cccc(Cl)c2)no1)NCCN1CCCCC1.I. The van der Waals surface area contributed by atoms with Crippen LogP contribution in [-0.2, 0) is 6.54 Å². The lowest BCUT2D eigenvalue weighted by Gasteiger charge is -2.26. The molecule has 2 heterocycles. The molecule has 0 amide bonds. The van der Waals surface area contributed by atoms with Crippen molar-refractivity contribution in [3.05, 3.63) is 35.2 Å². The van der Waals surface area contributed by atoms with Crippen molar-refractivity contribution >= 4 is 41.5 Å². The largest absolute Gasteiger partial charge is 0.357 e. The Bertz CT molecular complexity index is 748. The molecule has 7 nitrogen and oxygen atoms in total. The van der Waals surface area contributed by atoms with Gasteiger partial charge < -0.3 is 20.1 Å². The van der Waals surface area contributed by atoms with Gasteiger partial charge in [-0.25, -0.2) is 4.99 Å². The zero-order valence-electron chi connectivity index (χ0n) is 16.2. The molecule has 28 heavy (non-hydrogen) atoms. The van der Waals surface area contributed by atoms with E-state index in [1.54, 1.807) is 0 Å². The first-order valence-electron chi connectivity index (χ1n) is 9.57. The number of hydrogen-bond donors (Lipinski definition) is 2. The predicted octanol–water partition coefficient (Wildman–Crippen LogP) is 3.55. The van der Waals surface area contributed by atoms with Gasteiger partial charge in [-0.05, 0) is 45.0 Å². The highest BCUT2D eigenvalue weighted by molar-refractivity contribution is 14.0. The average molecular weight is 519 g/mol. The first-order valence-corrected chi connectivity index (χ1v) is 9.95. The normalized spacial score (nSPS) is 15.1. The summed E-state index contributed by atoms with van der Waals surface area (Å²) in [4.78, 5) is 11.4. The fraction of sp³-hybridized carbons (Fsp3) is 0.526. The van der Waals surface area contributed by atoms with Crippen LogP contribution in [0.15, 0.2) is 33.8 Å². The summed E-state index contributed by atoms with van der Waals surface area (Å²) in [6, 6.07) is 7.39. The van der Waals surface area contributed by atoms with Gasteiger partial charge in [0.25, 0.3) is 0 Å². The summed E-state index contributed by atoms with van der Waals surface area (Å²) in [6.07, 6.45) is 3.97. The Kier molecular flexibility index (Phi) is 10.0. The van der Waals surface area contributed by atoms with Gasteiger partial charge >= 0.3 is 0 Å². The quantitative estimate of drug-likeness (QED) is 0.332. The first kappa shape index (κ1) is 22.9. The minimum absolute atomic E-state index is 0. The molecule has 1 saturated heterocycles. The molecule has 0 unspecified atom stereocenters. The van der Waals surface area contributed by atoms with Crippen molar-refractivity contribution in [1.82, 2.24) is 25.7 Å². The fourth-order valence-corrected chi connectivity index (χ4v) is 3.26. The smallest absolute Gasteiger partial charge is 0.248 e. The molecule has 154 valence electrons. The maximum Gasteiger partial charge on any atom is 0.248 e. The Morgan fingerprint density at radius 1 is 1.25 bits per heavy atom. The van der Waals surface area contributed by atoms with Gasteiger partial charge in [0.1, 0.15) is 6.54 Å². The van der Waals surface area contributed by atoms with Crippen LogP contribution in [0.5, 0.6) is 0 Å². The summed E-state index contributed by atoms with van der Waals surface area (Å²) in [7, 11) is 0. The molecule has 2 aromatic rings. The maximum atomic E-state index is 6.02. The van der Waals surface area contributed by atoms with Crippen molar-refractivity contribution in [3.63, 3.8) is 0 Å². The van der Waals surface area contributed by atoms with Crippen LogP contribution in [0.25, 0.3) is 11.4 Å². The Labute approximate surface area is 188 Å². The van der Waals surface area contributed by atoms with Gasteiger partial charge in [-0.15, -0.1) is 24.0 Å². The van der Waals surface area contributed by atoms with Crippen LogP contribution in [0.1, 0.15) is 32.1 Å². The van der Waals surface area contributed by atoms with Gasteiger partial charge in [-0.1, -0.05) is 35.3 Å². The van der Waals surface area contributed by atoms with Gasteiger partial charge in [0.05, 0.1) is 0 Å². The van der Waals surface area contributed by atoms with E-state index >= 15 is 0 Å². The van der Waals surface area contributed by atoms with E-state index in [2.05, 4.69) is 30.7 Å². The zero-order chi connectivity index (χ0) is 18.9. The van der Waals surface area contributed by atoms with Gasteiger partial charge in [0.2, 0.25) is 11.7 Å². The van der Waals surface area contributed by atoms with E-state index in [4.69, 9.17) is 16.1 Å². The molecule has 0 spiro atoms. The summed E-state index contributed by atoms with van der Waals surface area (Å²) >= 11 is 6.02. The molecule has 0 bridgehead atoms. The third-order valence-corrected chi connectivity index (χ3v) is 4.67. The second-order valence-electron chi connectivity index (χ2n) is 6.55. The van der Waals surface area contributed by atoms with Crippen LogP contribution >= 0.6 is 35.6 Å². The first-order chi connectivity index (χ1) is 13.2. The lowest BCUT2D eigenvalue weighted by atomic mass is 10.1. The van der Waals surface area contributed by atoms with Crippen LogP contribution in [-0.4, -0.2) is 53.7 Å². The molecule has 9 heteroatoms. The average Bonchev–Trinajstić information content (AvgIpc) is 3.16. The molecule has 0 saturated carbocycles. The predicted molar refractivity (Wildman–Crippen MR) is 123 cm³/mol. The Hall–Kier alpha value is -1.39. The zero-order valence-corrected chi connectivity index (χ0v) is 19.2. The van der Waals surface area contributed by atoms with Crippen LogP contribution in [0.4, 0.5) is 0 Å². The lowest BCUT2D eigenvalue weighted by Crippen LogP contribution is -2.42. The topological polar surface area (TPSA) is 78.6 Å². The second-order valence-corrected chi connectivity index (χ2v) is 6.98.